The number of hydrogen-bond donors (Lipinski definition) is 3. The van der Waals surface area contributed by atoms with Crippen LogP contribution < -0.4 is 20.1 Å². The van der Waals surface area contributed by atoms with Gasteiger partial charge in [-0.15, -0.1) is 0 Å². The van der Waals surface area contributed by atoms with Crippen LogP contribution in [0.5, 0.6) is 5.75 Å². The fourth-order valence-corrected chi connectivity index (χ4v) is 4.84. The van der Waals surface area contributed by atoms with Gasteiger partial charge >= 0.3 is 0 Å². The summed E-state index contributed by atoms with van der Waals surface area (Å²) in [6.45, 7) is 0.392. The first kappa shape index (κ1) is 23.3. The molecule has 1 heterocycles. The number of sulfonamides is 1. The molecule has 0 atom stereocenters. The van der Waals surface area contributed by atoms with E-state index in [0.29, 0.717) is 31.5 Å². The number of ether oxygens (including phenoxy) is 1. The average molecular weight is 480 g/mol. The lowest BCUT2D eigenvalue weighted by Gasteiger charge is -2.18. The van der Waals surface area contributed by atoms with Crippen molar-refractivity contribution < 1.29 is 22.7 Å². The van der Waals surface area contributed by atoms with E-state index in [2.05, 4.69) is 15.4 Å². The largest absolute Gasteiger partial charge is 0.497 e. The number of rotatable bonds is 8. The van der Waals surface area contributed by atoms with E-state index < -0.39 is 10.0 Å². The summed E-state index contributed by atoms with van der Waals surface area (Å²) >= 11 is 0. The standard InChI is InChI=1S/C25H25N3O5S/c1-33-19-9-6-17(7-10-19)14-15-26-25(30)21-4-2-3-5-23(21)28-34(31,32)20-11-12-22-18(16-20)8-13-24(29)27-22/h2-7,9-12,16,28H,8,13-15H2,1H3,(H,26,30)(H,27,29). The second-order valence-electron chi connectivity index (χ2n) is 7.87. The number of benzene rings is 3. The van der Waals surface area contributed by atoms with E-state index in [9.17, 15) is 18.0 Å². The number of para-hydroxylation sites is 1. The van der Waals surface area contributed by atoms with E-state index in [1.54, 1.807) is 43.5 Å². The molecular weight excluding hydrogens is 454 g/mol. The highest BCUT2D eigenvalue weighted by molar-refractivity contribution is 7.92. The van der Waals surface area contributed by atoms with Gasteiger partial charge in [-0.2, -0.15) is 0 Å². The molecule has 8 nitrogen and oxygen atoms in total. The molecule has 2 amide bonds. The van der Waals surface area contributed by atoms with E-state index in [4.69, 9.17) is 4.74 Å². The Hall–Kier alpha value is -3.85. The zero-order valence-corrected chi connectivity index (χ0v) is 19.4. The number of nitrogens with one attached hydrogen (secondary N) is 3. The summed E-state index contributed by atoms with van der Waals surface area (Å²) in [5.41, 5.74) is 2.83. The third kappa shape index (κ3) is 5.37. The van der Waals surface area contributed by atoms with E-state index in [1.165, 1.54) is 6.07 Å². The van der Waals surface area contributed by atoms with Gasteiger partial charge in [0.2, 0.25) is 5.91 Å². The Bertz CT molecular complexity index is 1320. The molecule has 9 heteroatoms. The summed E-state index contributed by atoms with van der Waals surface area (Å²) < 4.78 is 33.7. The van der Waals surface area contributed by atoms with Crippen LogP contribution in [-0.2, 0) is 27.7 Å². The Labute approximate surface area is 198 Å². The molecule has 176 valence electrons. The molecule has 3 N–H and O–H groups in total. The molecule has 0 bridgehead atoms. The molecule has 0 spiro atoms. The third-order valence-corrected chi connectivity index (χ3v) is 6.92. The summed E-state index contributed by atoms with van der Waals surface area (Å²) in [4.78, 5) is 24.4. The zero-order valence-electron chi connectivity index (χ0n) is 18.6. The van der Waals surface area contributed by atoms with Crippen molar-refractivity contribution in [2.24, 2.45) is 0 Å². The van der Waals surface area contributed by atoms with Crippen molar-refractivity contribution >= 4 is 33.2 Å². The van der Waals surface area contributed by atoms with Crippen molar-refractivity contribution in [3.05, 3.63) is 83.4 Å². The van der Waals surface area contributed by atoms with Gasteiger partial charge < -0.3 is 15.4 Å². The summed E-state index contributed by atoms with van der Waals surface area (Å²) in [5.74, 6) is 0.297. The topological polar surface area (TPSA) is 114 Å². The highest BCUT2D eigenvalue weighted by Gasteiger charge is 2.22. The van der Waals surface area contributed by atoms with Crippen LogP contribution in [0, 0.1) is 0 Å². The van der Waals surface area contributed by atoms with Crippen LogP contribution in [-0.4, -0.2) is 33.9 Å². The SMILES string of the molecule is COc1ccc(CCNC(=O)c2ccccc2NS(=O)(=O)c2ccc3c(c2)CCC(=O)N3)cc1. The average Bonchev–Trinajstić information content (AvgIpc) is 2.84. The van der Waals surface area contributed by atoms with E-state index in [-0.39, 0.29) is 28.0 Å². The Morgan fingerprint density at radius 1 is 1.03 bits per heavy atom. The van der Waals surface area contributed by atoms with Gasteiger partial charge in [0, 0.05) is 18.7 Å². The van der Waals surface area contributed by atoms with Gasteiger partial charge in [-0.1, -0.05) is 24.3 Å². The molecule has 4 rings (SSSR count). The smallest absolute Gasteiger partial charge is 0.261 e. The van der Waals surface area contributed by atoms with Crippen LogP contribution in [0.2, 0.25) is 0 Å². The first-order valence-electron chi connectivity index (χ1n) is 10.8. The monoisotopic (exact) mass is 479 g/mol. The summed E-state index contributed by atoms with van der Waals surface area (Å²) in [6.07, 6.45) is 1.40. The number of carbonyl (C=O) groups excluding carboxylic acids is 2. The van der Waals surface area contributed by atoms with E-state index in [1.807, 2.05) is 24.3 Å². The second-order valence-corrected chi connectivity index (χ2v) is 9.55. The Morgan fingerprint density at radius 2 is 1.79 bits per heavy atom. The lowest BCUT2D eigenvalue weighted by Crippen LogP contribution is -2.27. The minimum absolute atomic E-state index is 0.0668. The molecule has 0 unspecified atom stereocenters. The number of hydrogen-bond acceptors (Lipinski definition) is 5. The van der Waals surface area contributed by atoms with Gasteiger partial charge in [0.25, 0.3) is 15.9 Å². The number of amides is 2. The van der Waals surface area contributed by atoms with Gasteiger partial charge in [0.15, 0.2) is 0 Å². The van der Waals surface area contributed by atoms with E-state index in [0.717, 1.165) is 16.9 Å². The molecule has 0 aromatic heterocycles. The van der Waals surface area contributed by atoms with Crippen LogP contribution in [0.1, 0.15) is 27.9 Å². The predicted molar refractivity (Wildman–Crippen MR) is 130 cm³/mol. The highest BCUT2D eigenvalue weighted by Crippen LogP contribution is 2.27. The molecule has 0 radical (unpaired) electrons. The first-order chi connectivity index (χ1) is 16.4. The Balaban J connectivity index is 1.45. The molecule has 0 aliphatic carbocycles. The van der Waals surface area contributed by atoms with Crippen molar-refractivity contribution in [3.63, 3.8) is 0 Å². The van der Waals surface area contributed by atoms with Crippen LogP contribution >= 0.6 is 0 Å². The van der Waals surface area contributed by atoms with Crippen LogP contribution in [0.4, 0.5) is 11.4 Å². The predicted octanol–water partition coefficient (Wildman–Crippen LogP) is 3.35. The number of carbonyl (C=O) groups is 2. The molecule has 0 fully saturated rings. The van der Waals surface area contributed by atoms with E-state index >= 15 is 0 Å². The molecule has 0 saturated carbocycles. The molecule has 34 heavy (non-hydrogen) atoms. The number of methoxy groups -OCH3 is 1. The van der Waals surface area contributed by atoms with Crippen molar-refractivity contribution in [2.45, 2.75) is 24.2 Å². The second kappa shape index (κ2) is 9.96. The van der Waals surface area contributed by atoms with Crippen molar-refractivity contribution in [3.8, 4) is 5.75 Å². The van der Waals surface area contributed by atoms with Crippen molar-refractivity contribution in [2.75, 3.05) is 23.7 Å². The maximum Gasteiger partial charge on any atom is 0.261 e. The van der Waals surface area contributed by atoms with Crippen LogP contribution in [0.15, 0.2) is 71.6 Å². The number of fused-ring (bicyclic) bond motifs is 1. The summed E-state index contributed by atoms with van der Waals surface area (Å²) in [6, 6.07) is 18.6. The summed E-state index contributed by atoms with van der Waals surface area (Å²) in [7, 11) is -2.34. The minimum atomic E-state index is -3.94. The van der Waals surface area contributed by atoms with Gasteiger partial charge in [0.1, 0.15) is 5.75 Å². The van der Waals surface area contributed by atoms with Crippen LogP contribution in [0.25, 0.3) is 0 Å². The maximum absolute atomic E-state index is 13.0. The number of anilines is 2. The van der Waals surface area contributed by atoms with Gasteiger partial charge in [0.05, 0.1) is 23.3 Å². The fraction of sp³-hybridized carbons (Fsp3) is 0.200. The van der Waals surface area contributed by atoms with Crippen LogP contribution in [0.3, 0.4) is 0 Å². The third-order valence-electron chi connectivity index (χ3n) is 5.56. The first-order valence-corrected chi connectivity index (χ1v) is 12.3. The highest BCUT2D eigenvalue weighted by atomic mass is 32.2. The summed E-state index contributed by atoms with van der Waals surface area (Å²) in [5, 5.41) is 5.58. The lowest BCUT2D eigenvalue weighted by molar-refractivity contribution is -0.116. The molecule has 3 aromatic rings. The lowest BCUT2D eigenvalue weighted by atomic mass is 10.0. The zero-order chi connectivity index (χ0) is 24.1. The quantitative estimate of drug-likeness (QED) is 0.459. The fourth-order valence-electron chi connectivity index (χ4n) is 3.71. The van der Waals surface area contributed by atoms with Crippen molar-refractivity contribution in [1.29, 1.82) is 0 Å². The van der Waals surface area contributed by atoms with Gasteiger partial charge in [-0.3, -0.25) is 14.3 Å². The normalized spacial score (nSPS) is 12.9. The molecule has 0 saturated heterocycles. The Kier molecular flexibility index (Phi) is 6.83. The maximum atomic E-state index is 13.0. The molecule has 3 aromatic carbocycles. The Morgan fingerprint density at radius 3 is 2.56 bits per heavy atom. The minimum Gasteiger partial charge on any atom is -0.497 e. The van der Waals surface area contributed by atoms with Gasteiger partial charge in [-0.05, 0) is 66.4 Å². The molecular formula is C25H25N3O5S. The molecule has 1 aliphatic heterocycles. The number of aryl methyl sites for hydroxylation is 1. The van der Waals surface area contributed by atoms with Gasteiger partial charge in [-0.25, -0.2) is 8.42 Å². The van der Waals surface area contributed by atoms with Crippen molar-refractivity contribution in [1.82, 2.24) is 5.32 Å². The molecule has 1 aliphatic rings.